The highest BCUT2D eigenvalue weighted by molar-refractivity contribution is 5.92. The van der Waals surface area contributed by atoms with Crippen LogP contribution in [0.4, 0.5) is 0 Å². The Morgan fingerprint density at radius 1 is 1.55 bits per heavy atom. The van der Waals surface area contributed by atoms with Crippen molar-refractivity contribution in [3.8, 4) is 0 Å². The fraction of sp³-hybridized carbons (Fsp3) is 0.462. The predicted molar refractivity (Wildman–Crippen MR) is 70.8 cm³/mol. The van der Waals surface area contributed by atoms with Crippen LogP contribution in [-0.4, -0.2) is 57.0 Å². The molecule has 7 nitrogen and oxygen atoms in total. The van der Waals surface area contributed by atoms with Gasteiger partial charge in [0.1, 0.15) is 12.2 Å². The molecule has 1 saturated heterocycles. The van der Waals surface area contributed by atoms with Gasteiger partial charge in [-0.25, -0.2) is 4.79 Å². The summed E-state index contributed by atoms with van der Waals surface area (Å²) in [5.41, 5.74) is 0.276. The van der Waals surface area contributed by atoms with E-state index in [1.54, 1.807) is 41.9 Å². The van der Waals surface area contributed by atoms with E-state index in [1.807, 2.05) is 0 Å². The molecular weight excluding hydrogens is 262 g/mol. The molecule has 1 fully saturated rings. The molecule has 1 aromatic rings. The maximum absolute atomic E-state index is 11.9. The first-order valence-corrected chi connectivity index (χ1v) is 6.20. The highest BCUT2D eigenvalue weighted by Crippen LogP contribution is 2.24. The van der Waals surface area contributed by atoms with E-state index >= 15 is 0 Å². The highest BCUT2D eigenvalue weighted by atomic mass is 16.5. The van der Waals surface area contributed by atoms with Gasteiger partial charge in [0.05, 0.1) is 18.8 Å². The molecule has 1 amide bonds. The zero-order valence-electron chi connectivity index (χ0n) is 11.4. The lowest BCUT2D eigenvalue weighted by Gasteiger charge is -2.46. The Labute approximate surface area is 116 Å². The lowest BCUT2D eigenvalue weighted by molar-refractivity contribution is -0.170. The number of rotatable bonds is 5. The molecule has 0 saturated carbocycles. The molecule has 1 aromatic heterocycles. The van der Waals surface area contributed by atoms with Crippen molar-refractivity contribution < 1.29 is 19.4 Å². The second-order valence-electron chi connectivity index (χ2n) is 5.04. The number of carboxylic acid groups (broad SMARTS) is 1. The van der Waals surface area contributed by atoms with E-state index in [9.17, 15) is 9.59 Å². The second kappa shape index (κ2) is 5.46. The van der Waals surface area contributed by atoms with Crippen LogP contribution in [0.15, 0.2) is 18.3 Å². The molecule has 2 rings (SSSR count). The molecule has 0 aliphatic carbocycles. The van der Waals surface area contributed by atoms with Gasteiger partial charge in [0.15, 0.2) is 0 Å². The summed E-state index contributed by atoms with van der Waals surface area (Å²) in [6.45, 7) is 2.25. The number of hydrogen-bond donors (Lipinski definition) is 1. The first-order chi connectivity index (χ1) is 9.39. The third-order valence-corrected chi connectivity index (χ3v) is 3.16. The Bertz CT molecular complexity index is 544. The van der Waals surface area contributed by atoms with Gasteiger partial charge in [-0.3, -0.25) is 9.48 Å². The van der Waals surface area contributed by atoms with Crippen molar-refractivity contribution in [3.63, 3.8) is 0 Å². The summed E-state index contributed by atoms with van der Waals surface area (Å²) in [5, 5.41) is 12.6. The Kier molecular flexibility index (Phi) is 3.89. The lowest BCUT2D eigenvalue weighted by atomic mass is 9.96. The minimum Gasteiger partial charge on any atom is -0.480 e. The number of carboxylic acids is 1. The summed E-state index contributed by atoms with van der Waals surface area (Å²) >= 11 is 0. The molecule has 108 valence electrons. The van der Waals surface area contributed by atoms with E-state index in [2.05, 4.69) is 5.10 Å². The maximum Gasteiger partial charge on any atom is 0.329 e. The van der Waals surface area contributed by atoms with Crippen molar-refractivity contribution in [3.05, 3.63) is 24.0 Å². The number of carbonyl (C=O) groups is 2. The van der Waals surface area contributed by atoms with Gasteiger partial charge in [-0.15, -0.1) is 0 Å². The topological polar surface area (TPSA) is 84.7 Å². The summed E-state index contributed by atoms with van der Waals surface area (Å²) in [7, 11) is 1.80. The SMILES string of the molecule is Cn1nccc1/C=C/C(=O)N1CC(C)(OCC(=O)O)C1. The predicted octanol–water partition coefficient (Wildman–Crippen LogP) is 0.135. The van der Waals surface area contributed by atoms with E-state index in [1.165, 1.54) is 6.08 Å². The molecule has 0 atom stereocenters. The van der Waals surface area contributed by atoms with Crippen molar-refractivity contribution >= 4 is 18.0 Å². The number of amides is 1. The molecule has 1 aliphatic heterocycles. The fourth-order valence-electron chi connectivity index (χ4n) is 2.05. The van der Waals surface area contributed by atoms with Gasteiger partial charge in [-0.1, -0.05) is 0 Å². The first kappa shape index (κ1) is 14.3. The molecule has 0 spiro atoms. The van der Waals surface area contributed by atoms with Crippen LogP contribution < -0.4 is 0 Å². The van der Waals surface area contributed by atoms with Crippen LogP contribution in [0.2, 0.25) is 0 Å². The van der Waals surface area contributed by atoms with Gasteiger partial charge >= 0.3 is 5.97 Å². The number of hydrogen-bond acceptors (Lipinski definition) is 4. The van der Waals surface area contributed by atoms with E-state index in [-0.39, 0.29) is 12.5 Å². The fourth-order valence-corrected chi connectivity index (χ4v) is 2.05. The van der Waals surface area contributed by atoms with Crippen LogP contribution in [0.5, 0.6) is 0 Å². The number of likely N-dealkylation sites (tertiary alicyclic amines) is 1. The molecule has 0 unspecified atom stereocenters. The lowest BCUT2D eigenvalue weighted by Crippen LogP contribution is -2.63. The molecule has 2 heterocycles. The van der Waals surface area contributed by atoms with E-state index in [0.717, 1.165) is 5.69 Å². The van der Waals surface area contributed by atoms with Gasteiger partial charge in [-0.05, 0) is 19.1 Å². The Morgan fingerprint density at radius 3 is 2.80 bits per heavy atom. The van der Waals surface area contributed by atoms with Crippen LogP contribution in [0.1, 0.15) is 12.6 Å². The Morgan fingerprint density at radius 2 is 2.25 bits per heavy atom. The van der Waals surface area contributed by atoms with Crippen molar-refractivity contribution in [2.24, 2.45) is 7.05 Å². The number of nitrogens with zero attached hydrogens (tertiary/aromatic N) is 3. The highest BCUT2D eigenvalue weighted by Gasteiger charge is 2.42. The van der Waals surface area contributed by atoms with E-state index < -0.39 is 11.6 Å². The normalized spacial score (nSPS) is 17.2. The Balaban J connectivity index is 1.83. The zero-order valence-corrected chi connectivity index (χ0v) is 11.4. The molecule has 7 heteroatoms. The summed E-state index contributed by atoms with van der Waals surface area (Å²) in [5.74, 6) is -1.13. The average Bonchev–Trinajstić information content (AvgIpc) is 2.75. The van der Waals surface area contributed by atoms with Crippen LogP contribution in [-0.2, 0) is 21.4 Å². The van der Waals surface area contributed by atoms with Gasteiger partial charge in [0.2, 0.25) is 5.91 Å². The third-order valence-electron chi connectivity index (χ3n) is 3.16. The summed E-state index contributed by atoms with van der Waals surface area (Å²) < 4.78 is 6.91. The monoisotopic (exact) mass is 279 g/mol. The van der Waals surface area contributed by atoms with Gasteiger partial charge in [0, 0.05) is 19.3 Å². The molecule has 0 bridgehead atoms. The number of aryl methyl sites for hydroxylation is 1. The second-order valence-corrected chi connectivity index (χ2v) is 5.04. The molecule has 1 aliphatic rings. The Hall–Kier alpha value is -2.15. The van der Waals surface area contributed by atoms with Crippen molar-refractivity contribution in [1.29, 1.82) is 0 Å². The molecule has 1 N–H and O–H groups in total. The first-order valence-electron chi connectivity index (χ1n) is 6.20. The third kappa shape index (κ3) is 3.24. The van der Waals surface area contributed by atoms with Crippen LogP contribution in [0, 0.1) is 0 Å². The number of carbonyl (C=O) groups excluding carboxylic acids is 1. The van der Waals surface area contributed by atoms with Crippen LogP contribution in [0.25, 0.3) is 6.08 Å². The molecule has 0 radical (unpaired) electrons. The summed E-state index contributed by atoms with van der Waals surface area (Å²) in [6, 6.07) is 1.81. The number of aromatic nitrogens is 2. The summed E-state index contributed by atoms with van der Waals surface area (Å²) in [6.07, 6.45) is 4.83. The zero-order chi connectivity index (χ0) is 14.8. The van der Waals surface area contributed by atoms with E-state index in [4.69, 9.17) is 9.84 Å². The molecular formula is C13H17N3O4. The van der Waals surface area contributed by atoms with Crippen molar-refractivity contribution in [1.82, 2.24) is 14.7 Å². The smallest absolute Gasteiger partial charge is 0.329 e. The van der Waals surface area contributed by atoms with Crippen molar-refractivity contribution in [2.45, 2.75) is 12.5 Å². The standard InChI is InChI=1S/C13H17N3O4/c1-13(20-7-12(18)19)8-16(9-13)11(17)4-3-10-5-6-14-15(10)2/h3-6H,7-9H2,1-2H3,(H,18,19)/b4-3+. The van der Waals surface area contributed by atoms with E-state index in [0.29, 0.717) is 13.1 Å². The van der Waals surface area contributed by atoms with Crippen LogP contribution in [0.3, 0.4) is 0 Å². The molecule has 20 heavy (non-hydrogen) atoms. The average molecular weight is 279 g/mol. The summed E-state index contributed by atoms with van der Waals surface area (Å²) in [4.78, 5) is 23.9. The minimum absolute atomic E-state index is 0.123. The number of aliphatic carboxylic acids is 1. The molecule has 0 aromatic carbocycles. The number of ether oxygens (including phenoxy) is 1. The van der Waals surface area contributed by atoms with Crippen molar-refractivity contribution in [2.75, 3.05) is 19.7 Å². The van der Waals surface area contributed by atoms with Gasteiger partial charge < -0.3 is 14.7 Å². The maximum atomic E-state index is 11.9. The van der Waals surface area contributed by atoms with Crippen LogP contribution >= 0.6 is 0 Å². The van der Waals surface area contributed by atoms with Gasteiger partial charge in [0.25, 0.3) is 0 Å². The largest absolute Gasteiger partial charge is 0.480 e. The minimum atomic E-state index is -1.01. The quantitative estimate of drug-likeness (QED) is 0.775. The van der Waals surface area contributed by atoms with Gasteiger partial charge in [-0.2, -0.15) is 5.10 Å².